The van der Waals surface area contributed by atoms with E-state index in [1.54, 1.807) is 0 Å². The van der Waals surface area contributed by atoms with Crippen molar-refractivity contribution in [3.63, 3.8) is 0 Å². The van der Waals surface area contributed by atoms with Gasteiger partial charge in [-0.1, -0.05) is 33.3 Å². The fraction of sp³-hybridized carbons (Fsp3) is 0.667. The second kappa shape index (κ2) is 10.9. The number of unbranched alkanes of at least 4 members (excludes halogenated alkanes) is 2. The molecule has 120 valence electrons. The van der Waals surface area contributed by atoms with Crippen molar-refractivity contribution in [1.29, 1.82) is 0 Å². The zero-order valence-corrected chi connectivity index (χ0v) is 12.7. The largest absolute Gasteiger partial charge is 0.479 e. The predicted molar refractivity (Wildman–Crippen MR) is 76.7 cm³/mol. The molecule has 6 heteroatoms. The molecule has 0 aliphatic rings. The molecule has 0 heterocycles. The molecule has 21 heavy (non-hydrogen) atoms. The van der Waals surface area contributed by atoms with Crippen LogP contribution in [0.2, 0.25) is 0 Å². The number of rotatable bonds is 11. The number of carbonyl (C=O) groups is 3. The Morgan fingerprint density at radius 2 is 1.86 bits per heavy atom. The van der Waals surface area contributed by atoms with Crippen LogP contribution >= 0.6 is 0 Å². The Morgan fingerprint density at radius 1 is 1.19 bits per heavy atom. The number of ether oxygens (including phenoxy) is 2. The SMILES string of the molecule is C=C(CC(=O)OC(CC)CCCCC)C(=O)OCC(=O)O. The zero-order chi connectivity index (χ0) is 16.3. The van der Waals surface area contributed by atoms with Crippen LogP contribution in [0.15, 0.2) is 12.2 Å². The minimum Gasteiger partial charge on any atom is -0.479 e. The Hall–Kier alpha value is -1.85. The molecule has 0 amide bonds. The third kappa shape index (κ3) is 9.65. The average Bonchev–Trinajstić information content (AvgIpc) is 2.43. The van der Waals surface area contributed by atoms with Gasteiger partial charge in [0.1, 0.15) is 6.10 Å². The van der Waals surface area contributed by atoms with Crippen LogP contribution in [0.1, 0.15) is 52.4 Å². The van der Waals surface area contributed by atoms with Gasteiger partial charge in [-0.15, -0.1) is 0 Å². The maximum Gasteiger partial charge on any atom is 0.341 e. The molecule has 0 aliphatic heterocycles. The zero-order valence-electron chi connectivity index (χ0n) is 12.7. The van der Waals surface area contributed by atoms with Crippen LogP contribution in [0.4, 0.5) is 0 Å². The minimum atomic E-state index is -1.26. The number of hydrogen-bond donors (Lipinski definition) is 1. The van der Waals surface area contributed by atoms with Gasteiger partial charge in [-0.25, -0.2) is 9.59 Å². The van der Waals surface area contributed by atoms with Gasteiger partial charge in [-0.3, -0.25) is 4.79 Å². The van der Waals surface area contributed by atoms with Crippen molar-refractivity contribution in [2.45, 2.75) is 58.5 Å². The van der Waals surface area contributed by atoms with E-state index in [2.05, 4.69) is 18.2 Å². The van der Waals surface area contributed by atoms with Gasteiger partial charge in [0.25, 0.3) is 0 Å². The van der Waals surface area contributed by atoms with E-state index in [4.69, 9.17) is 9.84 Å². The first-order chi connectivity index (χ1) is 9.90. The van der Waals surface area contributed by atoms with Gasteiger partial charge in [0.2, 0.25) is 0 Å². The molecule has 0 aromatic rings. The first kappa shape index (κ1) is 19.1. The molecule has 0 aromatic carbocycles. The van der Waals surface area contributed by atoms with Crippen LogP contribution in [-0.2, 0) is 23.9 Å². The molecule has 0 aliphatic carbocycles. The summed E-state index contributed by atoms with van der Waals surface area (Å²) in [6, 6.07) is 0. The molecule has 0 rings (SSSR count). The molecule has 0 saturated heterocycles. The summed E-state index contributed by atoms with van der Waals surface area (Å²) in [6.07, 6.45) is 4.23. The Kier molecular flexibility index (Phi) is 9.92. The van der Waals surface area contributed by atoms with E-state index in [9.17, 15) is 14.4 Å². The highest BCUT2D eigenvalue weighted by atomic mass is 16.6. The van der Waals surface area contributed by atoms with Crippen molar-refractivity contribution in [2.24, 2.45) is 0 Å². The monoisotopic (exact) mass is 300 g/mol. The highest BCUT2D eigenvalue weighted by Gasteiger charge is 2.18. The molecule has 0 radical (unpaired) electrons. The first-order valence-corrected chi connectivity index (χ1v) is 7.16. The lowest BCUT2D eigenvalue weighted by molar-refractivity contribution is -0.154. The summed E-state index contributed by atoms with van der Waals surface area (Å²) in [5.41, 5.74) is -0.107. The van der Waals surface area contributed by atoms with Crippen molar-refractivity contribution in [3.05, 3.63) is 12.2 Å². The number of esters is 2. The average molecular weight is 300 g/mol. The van der Waals surface area contributed by atoms with Crippen LogP contribution in [0.5, 0.6) is 0 Å². The van der Waals surface area contributed by atoms with Gasteiger partial charge >= 0.3 is 17.9 Å². The van der Waals surface area contributed by atoms with E-state index in [1.807, 2.05) is 6.92 Å². The van der Waals surface area contributed by atoms with Crippen LogP contribution < -0.4 is 0 Å². The first-order valence-electron chi connectivity index (χ1n) is 7.16. The van der Waals surface area contributed by atoms with E-state index in [1.165, 1.54) is 0 Å². The lowest BCUT2D eigenvalue weighted by Gasteiger charge is -2.16. The van der Waals surface area contributed by atoms with E-state index < -0.39 is 24.5 Å². The summed E-state index contributed by atoms with van der Waals surface area (Å²) in [4.78, 5) is 33.3. The Morgan fingerprint density at radius 3 is 2.38 bits per heavy atom. The van der Waals surface area contributed by atoms with Gasteiger partial charge in [0.05, 0.1) is 6.42 Å². The Balaban J connectivity index is 4.12. The maximum absolute atomic E-state index is 11.7. The topological polar surface area (TPSA) is 89.9 Å². The van der Waals surface area contributed by atoms with Crippen LogP contribution in [-0.4, -0.2) is 35.7 Å². The fourth-order valence-corrected chi connectivity index (χ4v) is 1.67. The van der Waals surface area contributed by atoms with Crippen molar-refractivity contribution in [2.75, 3.05) is 6.61 Å². The predicted octanol–water partition coefficient (Wildman–Crippen LogP) is 2.46. The smallest absolute Gasteiger partial charge is 0.341 e. The van der Waals surface area contributed by atoms with Crippen LogP contribution in [0.3, 0.4) is 0 Å². The van der Waals surface area contributed by atoms with Crippen molar-refractivity contribution in [3.8, 4) is 0 Å². The molecule has 1 N–H and O–H groups in total. The minimum absolute atomic E-state index is 0.107. The van der Waals surface area contributed by atoms with Gasteiger partial charge in [-0.2, -0.15) is 0 Å². The number of aliphatic carboxylic acids is 1. The summed E-state index contributed by atoms with van der Waals surface area (Å²) >= 11 is 0. The van der Waals surface area contributed by atoms with E-state index in [-0.39, 0.29) is 18.1 Å². The van der Waals surface area contributed by atoms with Crippen molar-refractivity contribution in [1.82, 2.24) is 0 Å². The lowest BCUT2D eigenvalue weighted by atomic mass is 10.1. The number of hydrogen-bond acceptors (Lipinski definition) is 5. The van der Waals surface area contributed by atoms with E-state index in [0.29, 0.717) is 6.42 Å². The fourth-order valence-electron chi connectivity index (χ4n) is 1.67. The quantitative estimate of drug-likeness (QED) is 0.358. The van der Waals surface area contributed by atoms with E-state index >= 15 is 0 Å². The maximum atomic E-state index is 11.7. The number of carboxylic acid groups (broad SMARTS) is 1. The highest BCUT2D eigenvalue weighted by molar-refractivity contribution is 5.94. The van der Waals surface area contributed by atoms with Crippen molar-refractivity contribution >= 4 is 17.9 Å². The summed E-state index contributed by atoms with van der Waals surface area (Å²) in [5.74, 6) is -2.70. The molecule has 1 unspecified atom stereocenters. The van der Waals surface area contributed by atoms with Gasteiger partial charge in [0, 0.05) is 5.57 Å². The third-order valence-electron chi connectivity index (χ3n) is 2.86. The van der Waals surface area contributed by atoms with Crippen LogP contribution in [0, 0.1) is 0 Å². The second-order valence-corrected chi connectivity index (χ2v) is 4.77. The van der Waals surface area contributed by atoms with E-state index in [0.717, 1.165) is 25.7 Å². The molecule has 0 fully saturated rings. The molecule has 6 nitrogen and oxygen atoms in total. The molecule has 0 bridgehead atoms. The van der Waals surface area contributed by atoms with Crippen molar-refractivity contribution < 1.29 is 29.0 Å². The number of carboxylic acids is 1. The second-order valence-electron chi connectivity index (χ2n) is 4.77. The molecular weight excluding hydrogens is 276 g/mol. The van der Waals surface area contributed by atoms with Gasteiger partial charge < -0.3 is 14.6 Å². The van der Waals surface area contributed by atoms with Gasteiger partial charge in [0.15, 0.2) is 6.61 Å². The molecule has 0 spiro atoms. The van der Waals surface area contributed by atoms with Crippen LogP contribution in [0.25, 0.3) is 0 Å². The summed E-state index contributed by atoms with van der Waals surface area (Å²) in [7, 11) is 0. The molecule has 0 aromatic heterocycles. The molecular formula is C15H24O6. The summed E-state index contributed by atoms with van der Waals surface area (Å²) in [6.45, 7) is 6.69. The molecule has 0 saturated carbocycles. The third-order valence-corrected chi connectivity index (χ3v) is 2.86. The lowest BCUT2D eigenvalue weighted by Crippen LogP contribution is -2.20. The normalized spacial score (nSPS) is 11.5. The molecule has 1 atom stereocenters. The summed E-state index contributed by atoms with van der Waals surface area (Å²) < 4.78 is 9.70. The highest BCUT2D eigenvalue weighted by Crippen LogP contribution is 2.12. The number of carbonyl (C=O) groups excluding carboxylic acids is 2. The Bertz CT molecular complexity index is 374. The standard InChI is InChI=1S/C15H24O6/c1-4-6-7-8-12(5-2)21-14(18)9-11(3)15(19)20-10-13(16)17/h12H,3-10H2,1-2H3,(H,16,17). The Labute approximate surface area is 125 Å². The summed E-state index contributed by atoms with van der Waals surface area (Å²) in [5, 5.41) is 8.38. The van der Waals surface area contributed by atoms with Gasteiger partial charge in [-0.05, 0) is 19.3 Å².